The second-order valence-electron chi connectivity index (χ2n) is 6.59. The number of benzene rings is 3. The zero-order chi connectivity index (χ0) is 21.3. The van der Waals surface area contributed by atoms with E-state index in [2.05, 4.69) is 0 Å². The number of carbonyl (C=O) groups excluding carboxylic acids is 2. The Morgan fingerprint density at radius 3 is 2.50 bits per heavy atom. The Morgan fingerprint density at radius 1 is 1.07 bits per heavy atom. The molecule has 0 aromatic heterocycles. The van der Waals surface area contributed by atoms with Crippen LogP contribution in [0.3, 0.4) is 0 Å². The number of hydrogen-bond donors (Lipinski definition) is 0. The van der Waals surface area contributed by atoms with Crippen LogP contribution in [0, 0.1) is 10.1 Å². The van der Waals surface area contributed by atoms with Gasteiger partial charge < -0.3 is 4.74 Å². The Balaban J connectivity index is 1.65. The first kappa shape index (κ1) is 19.7. The topological polar surface area (TPSA) is 89.8 Å². The minimum absolute atomic E-state index is 0.0455. The van der Waals surface area contributed by atoms with Crippen molar-refractivity contribution in [3.63, 3.8) is 0 Å². The number of nitro groups is 1. The molecule has 1 aliphatic rings. The van der Waals surface area contributed by atoms with Crippen LogP contribution < -0.4 is 4.74 Å². The second kappa shape index (κ2) is 8.00. The molecule has 1 aliphatic heterocycles. The van der Waals surface area contributed by atoms with E-state index in [1.807, 2.05) is 36.4 Å². The molecule has 2 amide bonds. The molecule has 3 aromatic rings. The summed E-state index contributed by atoms with van der Waals surface area (Å²) in [4.78, 5) is 37.1. The highest BCUT2D eigenvalue weighted by Gasteiger charge is 2.35. The highest BCUT2D eigenvalue weighted by Crippen LogP contribution is 2.37. The zero-order valence-electron chi connectivity index (χ0n) is 15.9. The molecule has 0 spiro atoms. The van der Waals surface area contributed by atoms with Gasteiger partial charge in [0.25, 0.3) is 16.8 Å². The standard InChI is InChI=1S/C22H16N2O5S/c1-29-19-11-8-15-4-2-3-5-17(15)18(19)12-20-21(25)23(22(26)30-20)13-14-6-9-16(10-7-14)24(27)28/h2-12H,13H2,1H3/b20-12+. The number of fused-ring (bicyclic) bond motifs is 1. The summed E-state index contributed by atoms with van der Waals surface area (Å²) in [7, 11) is 1.56. The van der Waals surface area contributed by atoms with Gasteiger partial charge in [0.05, 0.1) is 23.5 Å². The average Bonchev–Trinajstić information content (AvgIpc) is 3.01. The van der Waals surface area contributed by atoms with Crippen molar-refractivity contribution in [2.75, 3.05) is 7.11 Å². The molecule has 1 fully saturated rings. The first-order chi connectivity index (χ1) is 14.5. The molecule has 0 unspecified atom stereocenters. The van der Waals surface area contributed by atoms with E-state index in [0.717, 1.165) is 33.0 Å². The molecule has 0 N–H and O–H groups in total. The van der Waals surface area contributed by atoms with Gasteiger partial charge >= 0.3 is 0 Å². The number of hydrogen-bond acceptors (Lipinski definition) is 6. The van der Waals surface area contributed by atoms with Gasteiger partial charge in [-0.25, -0.2) is 0 Å². The van der Waals surface area contributed by atoms with Crippen LogP contribution in [0.15, 0.2) is 65.6 Å². The zero-order valence-corrected chi connectivity index (χ0v) is 16.7. The number of amides is 2. The highest BCUT2D eigenvalue weighted by molar-refractivity contribution is 8.18. The summed E-state index contributed by atoms with van der Waals surface area (Å²) in [5.41, 5.74) is 1.32. The van der Waals surface area contributed by atoms with Crippen LogP contribution in [0.5, 0.6) is 5.75 Å². The summed E-state index contributed by atoms with van der Waals surface area (Å²) in [5.74, 6) is 0.203. The molecule has 30 heavy (non-hydrogen) atoms. The summed E-state index contributed by atoms with van der Waals surface area (Å²) in [6, 6.07) is 17.3. The van der Waals surface area contributed by atoms with E-state index in [0.29, 0.717) is 16.2 Å². The van der Waals surface area contributed by atoms with Gasteiger partial charge in [-0.3, -0.25) is 24.6 Å². The van der Waals surface area contributed by atoms with Crippen LogP contribution in [0.25, 0.3) is 16.8 Å². The smallest absolute Gasteiger partial charge is 0.293 e. The molecule has 0 saturated carbocycles. The van der Waals surface area contributed by atoms with Crippen molar-refractivity contribution in [2.45, 2.75) is 6.54 Å². The average molecular weight is 420 g/mol. The van der Waals surface area contributed by atoms with Crippen molar-refractivity contribution in [3.05, 3.63) is 86.8 Å². The second-order valence-corrected chi connectivity index (χ2v) is 7.59. The van der Waals surface area contributed by atoms with E-state index < -0.39 is 10.8 Å². The first-order valence-electron chi connectivity index (χ1n) is 9.02. The number of methoxy groups -OCH3 is 1. The van der Waals surface area contributed by atoms with E-state index in [4.69, 9.17) is 4.74 Å². The third kappa shape index (κ3) is 3.65. The largest absolute Gasteiger partial charge is 0.496 e. The fourth-order valence-electron chi connectivity index (χ4n) is 3.28. The fraction of sp³-hybridized carbons (Fsp3) is 0.0909. The van der Waals surface area contributed by atoms with Crippen LogP contribution in [-0.2, 0) is 11.3 Å². The first-order valence-corrected chi connectivity index (χ1v) is 9.84. The molecule has 7 nitrogen and oxygen atoms in total. The fourth-order valence-corrected chi connectivity index (χ4v) is 4.10. The number of ether oxygens (including phenoxy) is 1. The summed E-state index contributed by atoms with van der Waals surface area (Å²) in [6.45, 7) is 0.0483. The molecular weight excluding hydrogens is 404 g/mol. The molecule has 3 aromatic carbocycles. The van der Waals surface area contributed by atoms with E-state index >= 15 is 0 Å². The SMILES string of the molecule is COc1ccc2ccccc2c1/C=C1/SC(=O)N(Cc2ccc([N+](=O)[O-])cc2)C1=O. The predicted octanol–water partition coefficient (Wildman–Crippen LogP) is 4.99. The monoisotopic (exact) mass is 420 g/mol. The number of nitrogens with zero attached hydrogens (tertiary/aromatic N) is 2. The quantitative estimate of drug-likeness (QED) is 0.328. The molecular formula is C22H16N2O5S. The van der Waals surface area contributed by atoms with E-state index in [9.17, 15) is 19.7 Å². The number of nitro benzene ring substituents is 1. The molecule has 1 heterocycles. The van der Waals surface area contributed by atoms with E-state index in [-0.39, 0.29) is 17.5 Å². The molecule has 0 bridgehead atoms. The maximum atomic E-state index is 12.9. The maximum absolute atomic E-state index is 12.9. The number of non-ortho nitro benzene ring substituents is 1. The summed E-state index contributed by atoms with van der Waals surface area (Å²) < 4.78 is 5.46. The van der Waals surface area contributed by atoms with Gasteiger partial charge in [-0.15, -0.1) is 0 Å². The number of imide groups is 1. The van der Waals surface area contributed by atoms with Gasteiger partial charge in [0.15, 0.2) is 0 Å². The number of carbonyl (C=O) groups is 2. The Morgan fingerprint density at radius 2 is 1.80 bits per heavy atom. The van der Waals surface area contributed by atoms with Crippen molar-refractivity contribution in [1.29, 1.82) is 0 Å². The Kier molecular flexibility index (Phi) is 5.24. The highest BCUT2D eigenvalue weighted by atomic mass is 32.2. The lowest BCUT2D eigenvalue weighted by Crippen LogP contribution is -2.27. The van der Waals surface area contributed by atoms with E-state index in [1.165, 1.54) is 12.1 Å². The normalized spacial score (nSPS) is 15.2. The molecule has 4 rings (SSSR count). The van der Waals surface area contributed by atoms with Crippen molar-refractivity contribution in [2.24, 2.45) is 0 Å². The van der Waals surface area contributed by atoms with Crippen molar-refractivity contribution in [3.8, 4) is 5.75 Å². The van der Waals surface area contributed by atoms with Crippen LogP contribution in [-0.4, -0.2) is 28.1 Å². The molecule has 0 atom stereocenters. The van der Waals surface area contributed by atoms with Crippen molar-refractivity contribution >= 4 is 45.4 Å². The molecule has 0 radical (unpaired) electrons. The van der Waals surface area contributed by atoms with Gasteiger partial charge in [0.1, 0.15) is 5.75 Å². The van der Waals surface area contributed by atoms with Crippen molar-refractivity contribution < 1.29 is 19.2 Å². The van der Waals surface area contributed by atoms with E-state index in [1.54, 1.807) is 25.3 Å². The summed E-state index contributed by atoms with van der Waals surface area (Å²) in [5, 5.41) is 12.3. The van der Waals surface area contributed by atoms with Crippen LogP contribution >= 0.6 is 11.8 Å². The minimum atomic E-state index is -0.496. The molecule has 150 valence electrons. The van der Waals surface area contributed by atoms with Crippen LogP contribution in [0.4, 0.5) is 10.5 Å². The summed E-state index contributed by atoms with van der Waals surface area (Å²) in [6.07, 6.45) is 1.68. The third-order valence-electron chi connectivity index (χ3n) is 4.79. The summed E-state index contributed by atoms with van der Waals surface area (Å²) >= 11 is 0.866. The van der Waals surface area contributed by atoms with Crippen LogP contribution in [0.2, 0.25) is 0 Å². The predicted molar refractivity (Wildman–Crippen MR) is 115 cm³/mol. The van der Waals surface area contributed by atoms with Gasteiger partial charge in [0.2, 0.25) is 0 Å². The Bertz CT molecular complexity index is 1200. The minimum Gasteiger partial charge on any atom is -0.496 e. The lowest BCUT2D eigenvalue weighted by atomic mass is 10.0. The Labute approximate surface area is 176 Å². The third-order valence-corrected chi connectivity index (χ3v) is 5.69. The lowest BCUT2D eigenvalue weighted by Gasteiger charge is -2.12. The number of thioether (sulfide) groups is 1. The van der Waals surface area contributed by atoms with Crippen LogP contribution in [0.1, 0.15) is 11.1 Å². The van der Waals surface area contributed by atoms with Gasteiger partial charge in [-0.05, 0) is 40.2 Å². The maximum Gasteiger partial charge on any atom is 0.293 e. The number of rotatable bonds is 5. The van der Waals surface area contributed by atoms with Gasteiger partial charge in [0, 0.05) is 17.7 Å². The lowest BCUT2D eigenvalue weighted by molar-refractivity contribution is -0.384. The van der Waals surface area contributed by atoms with Crippen molar-refractivity contribution in [1.82, 2.24) is 4.90 Å². The molecule has 1 saturated heterocycles. The van der Waals surface area contributed by atoms with Gasteiger partial charge in [-0.2, -0.15) is 0 Å². The molecule has 8 heteroatoms. The van der Waals surface area contributed by atoms with Gasteiger partial charge in [-0.1, -0.05) is 42.5 Å². The molecule has 0 aliphatic carbocycles. The Hall–Kier alpha value is -3.65.